The van der Waals surface area contributed by atoms with Gasteiger partial charge in [-0.05, 0) is 37.3 Å². The first-order valence-electron chi connectivity index (χ1n) is 9.91. The number of nitrogens with zero attached hydrogens (tertiary/aromatic N) is 2. The highest BCUT2D eigenvalue weighted by molar-refractivity contribution is 6.08. The van der Waals surface area contributed by atoms with Gasteiger partial charge in [-0.15, -0.1) is 0 Å². The van der Waals surface area contributed by atoms with Crippen molar-refractivity contribution in [3.05, 3.63) is 96.2 Å². The van der Waals surface area contributed by atoms with Crippen LogP contribution in [0.4, 0.5) is 11.4 Å². The fourth-order valence-electron chi connectivity index (χ4n) is 3.25. The number of aromatic nitrogens is 2. The Morgan fingerprint density at radius 1 is 0.839 bits per heavy atom. The summed E-state index contributed by atoms with van der Waals surface area (Å²) in [7, 11) is 0. The molecule has 0 saturated carbocycles. The highest BCUT2D eigenvalue weighted by atomic mass is 16.2. The quantitative estimate of drug-likeness (QED) is 0.483. The number of para-hydroxylation sites is 1. The van der Waals surface area contributed by atoms with Crippen molar-refractivity contribution in [2.75, 3.05) is 10.6 Å². The Labute approximate surface area is 180 Å². The molecule has 6 heteroatoms. The Balaban J connectivity index is 1.70. The summed E-state index contributed by atoms with van der Waals surface area (Å²) in [6, 6.07) is 24.6. The van der Waals surface area contributed by atoms with Crippen LogP contribution in [0.3, 0.4) is 0 Å². The molecule has 1 heterocycles. The first-order chi connectivity index (χ1) is 15.0. The molecule has 2 N–H and O–H groups in total. The van der Waals surface area contributed by atoms with Crippen LogP contribution >= 0.6 is 0 Å². The van der Waals surface area contributed by atoms with Gasteiger partial charge in [0.2, 0.25) is 5.91 Å². The second-order valence-electron chi connectivity index (χ2n) is 7.25. The minimum absolute atomic E-state index is 0.172. The lowest BCUT2D eigenvalue weighted by atomic mass is 10.1. The van der Waals surface area contributed by atoms with Gasteiger partial charge in [0.05, 0.1) is 11.3 Å². The summed E-state index contributed by atoms with van der Waals surface area (Å²) in [6.45, 7) is 3.46. The van der Waals surface area contributed by atoms with Crippen molar-refractivity contribution in [1.82, 2.24) is 9.78 Å². The molecule has 0 aliphatic rings. The summed E-state index contributed by atoms with van der Waals surface area (Å²) in [4.78, 5) is 24.5. The van der Waals surface area contributed by atoms with Gasteiger partial charge in [-0.3, -0.25) is 9.59 Å². The molecule has 0 fully saturated rings. The number of benzene rings is 3. The SMILES string of the molecule is CC(=O)Nc1cccc(NC(=O)c2cn(-c3ccccc3)nc2-c2ccc(C)cc2)c1. The molecule has 1 aromatic heterocycles. The van der Waals surface area contributed by atoms with Crippen LogP contribution in [-0.4, -0.2) is 21.6 Å². The predicted molar refractivity (Wildman–Crippen MR) is 122 cm³/mol. The Hall–Kier alpha value is -4.19. The Morgan fingerprint density at radius 2 is 1.52 bits per heavy atom. The van der Waals surface area contributed by atoms with Crippen molar-refractivity contribution in [1.29, 1.82) is 0 Å². The number of anilines is 2. The van der Waals surface area contributed by atoms with Crippen LogP contribution in [0.5, 0.6) is 0 Å². The van der Waals surface area contributed by atoms with E-state index in [0.29, 0.717) is 22.6 Å². The molecule has 3 aromatic carbocycles. The molecule has 2 amide bonds. The average molecular weight is 410 g/mol. The Bertz CT molecular complexity index is 1230. The molecule has 4 aromatic rings. The molecule has 0 radical (unpaired) electrons. The number of carbonyl (C=O) groups excluding carboxylic acids is 2. The van der Waals surface area contributed by atoms with E-state index in [1.807, 2.05) is 61.5 Å². The third kappa shape index (κ3) is 4.70. The largest absolute Gasteiger partial charge is 0.326 e. The molecule has 31 heavy (non-hydrogen) atoms. The van der Waals surface area contributed by atoms with E-state index in [9.17, 15) is 9.59 Å². The van der Waals surface area contributed by atoms with Gasteiger partial charge >= 0.3 is 0 Å². The molecule has 6 nitrogen and oxygen atoms in total. The van der Waals surface area contributed by atoms with Crippen LogP contribution in [0.25, 0.3) is 16.9 Å². The van der Waals surface area contributed by atoms with Crippen molar-refractivity contribution >= 4 is 23.2 Å². The summed E-state index contributed by atoms with van der Waals surface area (Å²) in [5, 5.41) is 10.3. The third-order valence-corrected chi connectivity index (χ3v) is 4.75. The van der Waals surface area contributed by atoms with Gasteiger partial charge in [0, 0.05) is 30.1 Å². The first kappa shape index (κ1) is 20.1. The number of rotatable bonds is 5. The van der Waals surface area contributed by atoms with E-state index >= 15 is 0 Å². The number of hydrogen-bond donors (Lipinski definition) is 2. The van der Waals surface area contributed by atoms with E-state index in [2.05, 4.69) is 10.6 Å². The molecule has 0 aliphatic heterocycles. The lowest BCUT2D eigenvalue weighted by molar-refractivity contribution is -0.114. The molecule has 0 spiro atoms. The van der Waals surface area contributed by atoms with Crippen LogP contribution in [0, 0.1) is 6.92 Å². The summed E-state index contributed by atoms with van der Waals surface area (Å²) in [6.07, 6.45) is 1.73. The maximum absolute atomic E-state index is 13.2. The van der Waals surface area contributed by atoms with Crippen molar-refractivity contribution < 1.29 is 9.59 Å². The van der Waals surface area contributed by atoms with Gasteiger partial charge in [-0.2, -0.15) is 5.10 Å². The van der Waals surface area contributed by atoms with E-state index in [1.165, 1.54) is 6.92 Å². The summed E-state index contributed by atoms with van der Waals surface area (Å²) < 4.78 is 1.71. The van der Waals surface area contributed by atoms with E-state index in [1.54, 1.807) is 35.1 Å². The molecule has 0 saturated heterocycles. The summed E-state index contributed by atoms with van der Waals surface area (Å²) in [5.74, 6) is -0.452. The van der Waals surface area contributed by atoms with Crippen molar-refractivity contribution in [2.24, 2.45) is 0 Å². The van der Waals surface area contributed by atoms with Gasteiger partial charge in [-0.25, -0.2) is 4.68 Å². The standard InChI is InChI=1S/C25H22N4O2/c1-17-11-13-19(14-12-17)24-23(16-29(28-24)22-9-4-3-5-10-22)25(31)27-21-8-6-7-20(15-21)26-18(2)30/h3-16H,1-2H3,(H,26,30)(H,27,31). The van der Waals surface area contributed by atoms with Gasteiger partial charge in [0.15, 0.2) is 0 Å². The van der Waals surface area contributed by atoms with Gasteiger partial charge in [0.1, 0.15) is 5.69 Å². The zero-order valence-corrected chi connectivity index (χ0v) is 17.3. The molecule has 0 bridgehead atoms. The van der Waals surface area contributed by atoms with E-state index in [-0.39, 0.29) is 11.8 Å². The van der Waals surface area contributed by atoms with Gasteiger partial charge in [-0.1, -0.05) is 54.1 Å². The highest BCUT2D eigenvalue weighted by Gasteiger charge is 2.19. The van der Waals surface area contributed by atoms with Crippen LogP contribution in [0.1, 0.15) is 22.8 Å². The molecular weight excluding hydrogens is 388 g/mol. The topological polar surface area (TPSA) is 76.0 Å². The fraction of sp³-hybridized carbons (Fsp3) is 0.0800. The Kier molecular flexibility index (Phi) is 5.62. The van der Waals surface area contributed by atoms with E-state index in [0.717, 1.165) is 16.8 Å². The second-order valence-corrected chi connectivity index (χ2v) is 7.25. The van der Waals surface area contributed by atoms with Gasteiger partial charge < -0.3 is 10.6 Å². The lowest BCUT2D eigenvalue weighted by Gasteiger charge is -2.08. The molecule has 4 rings (SSSR count). The average Bonchev–Trinajstić information content (AvgIpc) is 3.20. The van der Waals surface area contributed by atoms with E-state index < -0.39 is 0 Å². The van der Waals surface area contributed by atoms with Crippen molar-refractivity contribution in [2.45, 2.75) is 13.8 Å². The predicted octanol–water partition coefficient (Wildman–Crippen LogP) is 5.06. The van der Waals surface area contributed by atoms with Crippen molar-refractivity contribution in [3.63, 3.8) is 0 Å². The molecule has 154 valence electrons. The van der Waals surface area contributed by atoms with E-state index in [4.69, 9.17) is 5.10 Å². The van der Waals surface area contributed by atoms with Gasteiger partial charge in [0.25, 0.3) is 5.91 Å². The highest BCUT2D eigenvalue weighted by Crippen LogP contribution is 2.25. The summed E-state index contributed by atoms with van der Waals surface area (Å²) >= 11 is 0. The third-order valence-electron chi connectivity index (χ3n) is 4.75. The minimum atomic E-state index is -0.280. The maximum atomic E-state index is 13.2. The number of nitrogens with one attached hydrogen (secondary N) is 2. The molecular formula is C25H22N4O2. The lowest BCUT2D eigenvalue weighted by Crippen LogP contribution is -2.13. The maximum Gasteiger partial charge on any atom is 0.259 e. The second kappa shape index (κ2) is 8.67. The number of carbonyl (C=O) groups is 2. The monoisotopic (exact) mass is 410 g/mol. The zero-order chi connectivity index (χ0) is 21.8. The first-order valence-corrected chi connectivity index (χ1v) is 9.91. The molecule has 0 aliphatic carbocycles. The number of hydrogen-bond acceptors (Lipinski definition) is 3. The van der Waals surface area contributed by atoms with Crippen molar-refractivity contribution in [3.8, 4) is 16.9 Å². The van der Waals surface area contributed by atoms with Crippen LogP contribution < -0.4 is 10.6 Å². The van der Waals surface area contributed by atoms with Crippen LogP contribution in [-0.2, 0) is 4.79 Å². The fourth-order valence-corrected chi connectivity index (χ4v) is 3.25. The Morgan fingerprint density at radius 3 is 2.19 bits per heavy atom. The van der Waals surface area contributed by atoms with Crippen LogP contribution in [0.15, 0.2) is 85.1 Å². The molecule has 0 atom stereocenters. The minimum Gasteiger partial charge on any atom is -0.326 e. The number of amides is 2. The number of aryl methyl sites for hydroxylation is 1. The van der Waals surface area contributed by atoms with Crippen LogP contribution in [0.2, 0.25) is 0 Å². The smallest absolute Gasteiger partial charge is 0.259 e. The zero-order valence-electron chi connectivity index (χ0n) is 17.3. The molecule has 0 unspecified atom stereocenters. The normalized spacial score (nSPS) is 10.5. The summed E-state index contributed by atoms with van der Waals surface area (Å²) in [5.41, 5.74) is 5.10.